The van der Waals surface area contributed by atoms with Crippen LogP contribution in [0.5, 0.6) is 11.5 Å². The summed E-state index contributed by atoms with van der Waals surface area (Å²) >= 11 is 0. The van der Waals surface area contributed by atoms with E-state index in [0.717, 1.165) is 30.8 Å². The predicted octanol–water partition coefficient (Wildman–Crippen LogP) is 3.16. The molecule has 2 atom stereocenters. The van der Waals surface area contributed by atoms with Gasteiger partial charge >= 0.3 is 0 Å². The van der Waals surface area contributed by atoms with Crippen LogP contribution in [-0.2, 0) is 20.7 Å². The van der Waals surface area contributed by atoms with Gasteiger partial charge in [0.1, 0.15) is 23.4 Å². The van der Waals surface area contributed by atoms with Crippen LogP contribution in [0.25, 0.3) is 5.76 Å². The number of amides is 1. The van der Waals surface area contributed by atoms with Crippen molar-refractivity contribution < 1.29 is 28.9 Å². The topological polar surface area (TPSA) is 88.5 Å². The highest BCUT2D eigenvalue weighted by molar-refractivity contribution is 6.46. The fourth-order valence-corrected chi connectivity index (χ4v) is 5.23. The molecular formula is C28H32N2O6. The average molecular weight is 493 g/mol. The number of morpholine rings is 1. The minimum Gasteiger partial charge on any atom is -0.507 e. The molecule has 0 spiro atoms. The third kappa shape index (κ3) is 4.58. The number of ketones is 1. The Hall–Kier alpha value is -3.36. The van der Waals surface area contributed by atoms with Crippen molar-refractivity contribution in [1.82, 2.24) is 9.80 Å². The number of fused-ring (bicyclic) bond motifs is 1. The molecule has 0 bridgehead atoms. The number of rotatable bonds is 7. The van der Waals surface area contributed by atoms with Gasteiger partial charge in [-0.05, 0) is 43.7 Å². The zero-order chi connectivity index (χ0) is 25.2. The smallest absolute Gasteiger partial charge is 0.295 e. The molecule has 36 heavy (non-hydrogen) atoms. The van der Waals surface area contributed by atoms with Gasteiger partial charge in [0.25, 0.3) is 11.7 Å². The summed E-state index contributed by atoms with van der Waals surface area (Å²) in [6.45, 7) is 8.13. The molecule has 3 heterocycles. The number of aliphatic hydroxyl groups is 1. The zero-order valence-corrected chi connectivity index (χ0v) is 20.7. The van der Waals surface area contributed by atoms with Gasteiger partial charge < -0.3 is 24.2 Å². The molecule has 0 aromatic heterocycles. The van der Waals surface area contributed by atoms with Crippen LogP contribution in [0.15, 0.2) is 48.0 Å². The molecule has 0 radical (unpaired) electrons. The first-order chi connectivity index (χ1) is 17.5. The van der Waals surface area contributed by atoms with E-state index in [9.17, 15) is 14.7 Å². The van der Waals surface area contributed by atoms with Crippen LogP contribution in [-0.4, -0.2) is 78.7 Å². The average Bonchev–Trinajstić information content (AvgIpc) is 3.38. The quantitative estimate of drug-likeness (QED) is 0.361. The lowest BCUT2D eigenvalue weighted by Crippen LogP contribution is -2.42. The molecule has 3 aliphatic rings. The Bertz CT molecular complexity index is 1190. The normalized spacial score (nSPS) is 23.6. The number of nitrogens with zero attached hydrogens (tertiary/aromatic N) is 2. The summed E-state index contributed by atoms with van der Waals surface area (Å²) in [5.74, 6) is -0.107. The van der Waals surface area contributed by atoms with Crippen molar-refractivity contribution in [2.45, 2.75) is 32.4 Å². The van der Waals surface area contributed by atoms with E-state index in [1.54, 1.807) is 11.0 Å². The Morgan fingerprint density at radius 3 is 2.67 bits per heavy atom. The number of para-hydroxylation sites is 1. The van der Waals surface area contributed by atoms with Crippen molar-refractivity contribution in [3.63, 3.8) is 0 Å². The van der Waals surface area contributed by atoms with Gasteiger partial charge in [-0.3, -0.25) is 14.5 Å². The van der Waals surface area contributed by atoms with Crippen LogP contribution < -0.4 is 9.47 Å². The second kappa shape index (κ2) is 10.3. The lowest BCUT2D eigenvalue weighted by Gasteiger charge is -2.31. The first-order valence-electron chi connectivity index (χ1n) is 12.6. The highest BCUT2D eigenvalue weighted by atomic mass is 16.5. The number of carbonyl (C=O) groups is 2. The van der Waals surface area contributed by atoms with E-state index in [1.165, 1.54) is 0 Å². The number of benzene rings is 2. The molecular weight excluding hydrogens is 460 g/mol. The predicted molar refractivity (Wildman–Crippen MR) is 134 cm³/mol. The molecule has 2 fully saturated rings. The first-order valence-corrected chi connectivity index (χ1v) is 12.6. The van der Waals surface area contributed by atoms with E-state index in [2.05, 4.69) is 4.90 Å². The molecule has 1 N–H and O–H groups in total. The number of likely N-dealkylation sites (tertiary alicyclic amines) is 1. The lowest BCUT2D eigenvalue weighted by atomic mass is 9.94. The van der Waals surface area contributed by atoms with Crippen molar-refractivity contribution in [3.05, 3.63) is 64.7 Å². The maximum Gasteiger partial charge on any atom is 0.295 e. The van der Waals surface area contributed by atoms with Gasteiger partial charge in [-0.1, -0.05) is 18.2 Å². The second-order valence-corrected chi connectivity index (χ2v) is 9.37. The number of Topliss-reactive ketones (excluding diaryl/α,β-unsaturated/α-hetero) is 1. The standard InChI is InChI=1S/C28H32N2O6/c1-3-35-23-7-5-4-6-21(23)25-24(26(31)19-8-9-22-20(17-19)16-18(2)36-22)27(32)28(33)30(25)11-10-29-12-14-34-15-13-29/h4-9,17-18,25,31H,3,10-16H2,1-2H3/b26-24+. The SMILES string of the molecule is CCOc1ccccc1C1/C(=C(\O)c2ccc3c(c2)CC(C)O3)C(=O)C(=O)N1CCN1CCOCC1. The summed E-state index contributed by atoms with van der Waals surface area (Å²) in [4.78, 5) is 30.5. The van der Waals surface area contributed by atoms with Crippen LogP contribution in [0.2, 0.25) is 0 Å². The van der Waals surface area contributed by atoms with Gasteiger partial charge in [0, 0.05) is 43.7 Å². The van der Waals surface area contributed by atoms with Gasteiger partial charge in [-0.25, -0.2) is 0 Å². The van der Waals surface area contributed by atoms with Crippen LogP contribution in [0.3, 0.4) is 0 Å². The maximum absolute atomic E-state index is 13.4. The van der Waals surface area contributed by atoms with Crippen molar-refractivity contribution in [1.29, 1.82) is 0 Å². The van der Waals surface area contributed by atoms with Crippen LogP contribution >= 0.6 is 0 Å². The Labute approximate surface area is 211 Å². The van der Waals surface area contributed by atoms with Crippen LogP contribution in [0, 0.1) is 0 Å². The van der Waals surface area contributed by atoms with Gasteiger partial charge in [-0.15, -0.1) is 0 Å². The van der Waals surface area contributed by atoms with Gasteiger partial charge in [-0.2, -0.15) is 0 Å². The number of hydrogen-bond donors (Lipinski definition) is 1. The van der Waals surface area contributed by atoms with Crippen LogP contribution in [0.1, 0.15) is 36.6 Å². The number of ether oxygens (including phenoxy) is 3. The summed E-state index contributed by atoms with van der Waals surface area (Å²) in [6.07, 6.45) is 0.780. The molecule has 190 valence electrons. The molecule has 2 saturated heterocycles. The minimum atomic E-state index is -0.753. The van der Waals surface area contributed by atoms with Gasteiger partial charge in [0.15, 0.2) is 0 Å². The van der Waals surface area contributed by atoms with E-state index < -0.39 is 17.7 Å². The highest BCUT2D eigenvalue weighted by Crippen LogP contribution is 2.43. The molecule has 0 aliphatic carbocycles. The number of hydrogen-bond acceptors (Lipinski definition) is 7. The number of carbonyl (C=O) groups excluding carboxylic acids is 2. The summed E-state index contributed by atoms with van der Waals surface area (Å²) in [5.41, 5.74) is 2.23. The lowest BCUT2D eigenvalue weighted by molar-refractivity contribution is -0.140. The first kappa shape index (κ1) is 24.3. The largest absolute Gasteiger partial charge is 0.507 e. The van der Waals surface area contributed by atoms with Crippen molar-refractivity contribution in [2.75, 3.05) is 46.0 Å². The highest BCUT2D eigenvalue weighted by Gasteiger charge is 2.47. The van der Waals surface area contributed by atoms with E-state index in [-0.39, 0.29) is 17.4 Å². The molecule has 2 unspecified atom stereocenters. The Balaban J connectivity index is 1.56. The Morgan fingerprint density at radius 1 is 1.11 bits per heavy atom. The third-order valence-electron chi connectivity index (χ3n) is 6.98. The molecule has 3 aliphatic heterocycles. The minimum absolute atomic E-state index is 0.0567. The number of aliphatic hydroxyl groups excluding tert-OH is 1. The molecule has 5 rings (SSSR count). The van der Waals surface area contributed by atoms with Crippen molar-refractivity contribution in [2.24, 2.45) is 0 Å². The summed E-state index contributed by atoms with van der Waals surface area (Å²) in [5, 5.41) is 11.5. The Morgan fingerprint density at radius 2 is 1.89 bits per heavy atom. The summed E-state index contributed by atoms with van der Waals surface area (Å²) < 4.78 is 17.1. The van der Waals surface area contributed by atoms with Crippen molar-refractivity contribution >= 4 is 17.4 Å². The summed E-state index contributed by atoms with van der Waals surface area (Å²) in [7, 11) is 0. The van der Waals surface area contributed by atoms with E-state index in [1.807, 2.05) is 50.2 Å². The molecule has 8 nitrogen and oxygen atoms in total. The molecule has 8 heteroatoms. The molecule has 0 saturated carbocycles. The maximum atomic E-state index is 13.4. The van der Waals surface area contributed by atoms with Crippen LogP contribution in [0.4, 0.5) is 0 Å². The molecule has 1 amide bonds. The van der Waals surface area contributed by atoms with Gasteiger partial charge in [0.2, 0.25) is 0 Å². The van der Waals surface area contributed by atoms with Gasteiger partial charge in [0.05, 0.1) is 31.4 Å². The monoisotopic (exact) mass is 492 g/mol. The summed E-state index contributed by atoms with van der Waals surface area (Å²) in [6, 6.07) is 12.0. The molecule has 2 aromatic rings. The van der Waals surface area contributed by atoms with E-state index in [4.69, 9.17) is 14.2 Å². The fourth-order valence-electron chi connectivity index (χ4n) is 5.23. The van der Waals surface area contributed by atoms with E-state index >= 15 is 0 Å². The van der Waals surface area contributed by atoms with E-state index in [0.29, 0.717) is 49.8 Å². The molecule has 2 aromatic carbocycles. The Kier molecular flexibility index (Phi) is 6.98. The fraction of sp³-hybridized carbons (Fsp3) is 0.429. The van der Waals surface area contributed by atoms with Crippen molar-refractivity contribution in [3.8, 4) is 11.5 Å². The zero-order valence-electron chi connectivity index (χ0n) is 20.7. The third-order valence-corrected chi connectivity index (χ3v) is 6.98. The second-order valence-electron chi connectivity index (χ2n) is 9.37.